The Balaban J connectivity index is 1.20. The van der Waals surface area contributed by atoms with Crippen LogP contribution in [-0.4, -0.2) is 50.0 Å². The number of imidazole rings is 2. The van der Waals surface area contributed by atoms with Gasteiger partial charge in [-0.2, -0.15) is 0 Å². The van der Waals surface area contributed by atoms with Crippen LogP contribution in [0.5, 0.6) is 0 Å². The van der Waals surface area contributed by atoms with Crippen molar-refractivity contribution in [2.24, 2.45) is 0 Å². The topological polar surface area (TPSA) is 236 Å². The van der Waals surface area contributed by atoms with Gasteiger partial charge in [0.15, 0.2) is 0 Å². The molecule has 0 aliphatic carbocycles. The van der Waals surface area contributed by atoms with E-state index in [2.05, 4.69) is 30.6 Å². The zero-order valence-electron chi connectivity index (χ0n) is 22.5. The summed E-state index contributed by atoms with van der Waals surface area (Å²) >= 11 is 0. The highest BCUT2D eigenvalue weighted by Crippen LogP contribution is 2.27. The number of aromatic nitrogens is 4. The molecule has 2 amide bonds. The van der Waals surface area contributed by atoms with Crippen LogP contribution in [0, 0.1) is 20.2 Å². The molecule has 0 radical (unpaired) electrons. The van der Waals surface area contributed by atoms with E-state index in [4.69, 9.17) is 0 Å². The van der Waals surface area contributed by atoms with Gasteiger partial charge in [-0.1, -0.05) is 0 Å². The second-order valence-electron chi connectivity index (χ2n) is 9.55. The summed E-state index contributed by atoms with van der Waals surface area (Å²) in [5.41, 5.74) is 1.41. The first-order valence-electron chi connectivity index (χ1n) is 12.8. The minimum absolute atomic E-state index is 0.0464. The monoisotopic (exact) mass is 626 g/mol. The van der Waals surface area contributed by atoms with E-state index in [1.54, 1.807) is 0 Å². The largest absolute Gasteiger partial charge is 0.324 e. The number of benzene rings is 4. The number of aromatic amines is 2. The molecular weight excluding hydrogens is 608 g/mol. The molecule has 0 saturated heterocycles. The molecule has 0 aliphatic rings. The van der Waals surface area contributed by atoms with Crippen molar-refractivity contribution in [2.75, 3.05) is 10.6 Å². The summed E-state index contributed by atoms with van der Waals surface area (Å²) < 4.78 is 27.0. The van der Waals surface area contributed by atoms with E-state index >= 15 is 0 Å². The van der Waals surface area contributed by atoms with Crippen LogP contribution in [-0.2, 0) is 9.84 Å². The number of nitrogens with zero attached hydrogens (tertiary/aromatic N) is 4. The second kappa shape index (κ2) is 11.0. The molecule has 6 aromatic rings. The van der Waals surface area contributed by atoms with Crippen LogP contribution >= 0.6 is 0 Å². The molecule has 224 valence electrons. The van der Waals surface area contributed by atoms with Crippen molar-refractivity contribution in [3.63, 3.8) is 0 Å². The van der Waals surface area contributed by atoms with Gasteiger partial charge in [-0.05, 0) is 60.7 Å². The Morgan fingerprint density at radius 2 is 1.00 bits per heavy atom. The van der Waals surface area contributed by atoms with Crippen molar-refractivity contribution in [2.45, 2.75) is 9.79 Å². The van der Waals surface area contributed by atoms with Gasteiger partial charge in [-0.15, -0.1) is 0 Å². The maximum atomic E-state index is 13.5. The van der Waals surface area contributed by atoms with E-state index in [1.807, 2.05) is 0 Å². The lowest BCUT2D eigenvalue weighted by molar-refractivity contribution is -0.385. The van der Waals surface area contributed by atoms with E-state index < -0.39 is 31.5 Å². The van der Waals surface area contributed by atoms with E-state index in [1.165, 1.54) is 84.9 Å². The smallest absolute Gasteiger partial charge is 0.269 e. The SMILES string of the molecule is O=C(Nc1nc2ccc(S(=O)(=O)c3ccc4nc(NC(=O)c5ccc([N+](=O)[O-])cc5)[nH]c4c3)cc2[nH]1)c1ccc([N+](=O)[O-])cc1. The Labute approximate surface area is 251 Å². The molecule has 4 aromatic carbocycles. The number of rotatable bonds is 8. The summed E-state index contributed by atoms with van der Waals surface area (Å²) in [5, 5.41) is 26.8. The number of nitro benzene ring substituents is 2. The lowest BCUT2D eigenvalue weighted by Crippen LogP contribution is -2.12. The third kappa shape index (κ3) is 5.65. The molecule has 16 nitrogen and oxygen atoms in total. The molecule has 0 saturated carbocycles. The molecule has 45 heavy (non-hydrogen) atoms. The van der Waals surface area contributed by atoms with Crippen LogP contribution in [0.3, 0.4) is 0 Å². The van der Waals surface area contributed by atoms with Gasteiger partial charge in [-0.3, -0.25) is 40.5 Å². The number of anilines is 2. The summed E-state index contributed by atoms with van der Waals surface area (Å²) in [4.78, 5) is 59.8. The molecule has 0 unspecified atom stereocenters. The molecule has 6 rings (SSSR count). The molecule has 4 N–H and O–H groups in total. The molecule has 0 bridgehead atoms. The maximum Gasteiger partial charge on any atom is 0.269 e. The quantitative estimate of drug-likeness (QED) is 0.135. The standard InChI is InChI=1S/C28H18N8O8S/c37-25(15-1-5-17(6-2-15)35(39)40)33-27-29-21-11-9-19(13-23(21)31-27)45(43,44)20-10-12-22-24(14-20)32-28(30-22)34-26(38)16-3-7-18(8-4-16)36(41)42/h1-14H,(H2,29,31,33,37)(H2,30,32,34,38). The number of sulfone groups is 1. The number of carbonyl (C=O) groups excluding carboxylic acids is 2. The predicted molar refractivity (Wildman–Crippen MR) is 160 cm³/mol. The summed E-state index contributed by atoms with van der Waals surface area (Å²) in [5.74, 6) is -1.06. The average molecular weight is 627 g/mol. The Morgan fingerprint density at radius 3 is 1.36 bits per heavy atom. The molecule has 0 aliphatic heterocycles. The van der Waals surface area contributed by atoms with Crippen molar-refractivity contribution >= 4 is 67.0 Å². The van der Waals surface area contributed by atoms with Gasteiger partial charge < -0.3 is 9.97 Å². The summed E-state index contributed by atoms with van der Waals surface area (Å²) in [7, 11) is -4.04. The first-order chi connectivity index (χ1) is 21.5. The number of carbonyl (C=O) groups is 2. The van der Waals surface area contributed by atoms with Crippen molar-refractivity contribution in [3.05, 3.63) is 116 Å². The van der Waals surface area contributed by atoms with Crippen molar-refractivity contribution in [3.8, 4) is 0 Å². The zero-order valence-corrected chi connectivity index (χ0v) is 23.4. The minimum atomic E-state index is -4.04. The fourth-order valence-corrected chi connectivity index (χ4v) is 5.71. The van der Waals surface area contributed by atoms with E-state index in [0.29, 0.717) is 22.1 Å². The Morgan fingerprint density at radius 1 is 0.622 bits per heavy atom. The van der Waals surface area contributed by atoms with Gasteiger partial charge in [0.2, 0.25) is 21.7 Å². The molecular formula is C28H18N8O8S. The highest BCUT2D eigenvalue weighted by atomic mass is 32.2. The lowest BCUT2D eigenvalue weighted by Gasteiger charge is -2.04. The third-order valence-electron chi connectivity index (χ3n) is 6.67. The number of nitro groups is 2. The number of non-ortho nitro benzene ring substituents is 2. The van der Waals surface area contributed by atoms with Gasteiger partial charge in [0.1, 0.15) is 0 Å². The van der Waals surface area contributed by atoms with Crippen LogP contribution in [0.1, 0.15) is 20.7 Å². The number of hydrogen-bond donors (Lipinski definition) is 4. The summed E-state index contributed by atoms with van der Waals surface area (Å²) in [6.45, 7) is 0. The maximum absolute atomic E-state index is 13.5. The molecule has 2 heterocycles. The van der Waals surface area contributed by atoms with Gasteiger partial charge in [0.25, 0.3) is 23.2 Å². The molecule has 0 fully saturated rings. The number of nitrogens with one attached hydrogen (secondary N) is 4. The molecule has 2 aromatic heterocycles. The van der Waals surface area contributed by atoms with Crippen molar-refractivity contribution in [1.29, 1.82) is 0 Å². The third-order valence-corrected chi connectivity index (χ3v) is 8.42. The van der Waals surface area contributed by atoms with Gasteiger partial charge in [-0.25, -0.2) is 18.4 Å². The first kappa shape index (κ1) is 28.6. The van der Waals surface area contributed by atoms with Crippen LogP contribution in [0.2, 0.25) is 0 Å². The van der Waals surface area contributed by atoms with E-state index in [9.17, 15) is 38.2 Å². The number of fused-ring (bicyclic) bond motifs is 2. The second-order valence-corrected chi connectivity index (χ2v) is 11.5. The van der Waals surface area contributed by atoms with Crippen LogP contribution in [0.4, 0.5) is 23.3 Å². The fraction of sp³-hybridized carbons (Fsp3) is 0. The minimum Gasteiger partial charge on any atom is -0.324 e. The Kier molecular flexibility index (Phi) is 6.98. The first-order valence-corrected chi connectivity index (χ1v) is 14.3. The number of hydrogen-bond acceptors (Lipinski definition) is 10. The summed E-state index contributed by atoms with van der Waals surface area (Å²) in [6.07, 6.45) is 0. The van der Waals surface area contributed by atoms with Crippen LogP contribution < -0.4 is 10.6 Å². The molecule has 17 heteroatoms. The zero-order chi connectivity index (χ0) is 31.9. The summed E-state index contributed by atoms with van der Waals surface area (Å²) in [6, 6.07) is 18.4. The van der Waals surface area contributed by atoms with E-state index in [0.717, 1.165) is 0 Å². The van der Waals surface area contributed by atoms with Crippen LogP contribution in [0.25, 0.3) is 22.1 Å². The predicted octanol–water partition coefficient (Wildman–Crippen LogP) is 4.59. The Bertz CT molecular complexity index is 2120. The molecule has 0 spiro atoms. The van der Waals surface area contributed by atoms with Gasteiger partial charge >= 0.3 is 0 Å². The van der Waals surface area contributed by atoms with Crippen molar-refractivity contribution in [1.82, 2.24) is 19.9 Å². The number of amides is 2. The Hall–Kier alpha value is -6.49. The molecule has 0 atom stereocenters. The number of H-pyrrole nitrogens is 2. The van der Waals surface area contributed by atoms with Gasteiger partial charge in [0.05, 0.1) is 41.7 Å². The fourth-order valence-electron chi connectivity index (χ4n) is 4.39. The van der Waals surface area contributed by atoms with Crippen molar-refractivity contribution < 1.29 is 27.9 Å². The highest BCUT2D eigenvalue weighted by molar-refractivity contribution is 7.91. The normalized spacial score (nSPS) is 11.4. The average Bonchev–Trinajstić information content (AvgIpc) is 3.62. The van der Waals surface area contributed by atoms with E-state index in [-0.39, 0.29) is 44.2 Å². The lowest BCUT2D eigenvalue weighted by atomic mass is 10.2. The van der Waals surface area contributed by atoms with Gasteiger partial charge in [0, 0.05) is 35.4 Å². The highest BCUT2D eigenvalue weighted by Gasteiger charge is 2.21. The van der Waals surface area contributed by atoms with Crippen LogP contribution in [0.15, 0.2) is 94.7 Å².